The van der Waals surface area contributed by atoms with Crippen molar-refractivity contribution in [2.45, 2.75) is 187 Å². The lowest BCUT2D eigenvalue weighted by Gasteiger charge is -2.18. The van der Waals surface area contributed by atoms with E-state index in [1.54, 1.807) is 6.08 Å². The Labute approximate surface area is 310 Å². The van der Waals surface area contributed by atoms with Crippen LogP contribution in [0.5, 0.6) is 0 Å². The van der Waals surface area contributed by atoms with Gasteiger partial charge in [0.1, 0.15) is 6.61 Å². The van der Waals surface area contributed by atoms with E-state index in [1.165, 1.54) is 89.9 Å². The number of carbonyl (C=O) groups excluding carboxylic acids is 2. The topological polar surface area (TPSA) is 140 Å². The lowest BCUT2D eigenvalue weighted by atomic mass is 10.0. The van der Waals surface area contributed by atoms with E-state index in [9.17, 15) is 19.3 Å². The van der Waals surface area contributed by atoms with Crippen LogP contribution < -0.4 is 0 Å². The van der Waals surface area contributed by atoms with Gasteiger partial charge in [0.05, 0.1) is 12.7 Å². The van der Waals surface area contributed by atoms with Gasteiger partial charge in [-0.2, -0.15) is 0 Å². The molecule has 0 aromatic carbocycles. The van der Waals surface area contributed by atoms with Crippen LogP contribution in [0.25, 0.3) is 0 Å². The maximum atomic E-state index is 12.4. The first-order valence-electron chi connectivity index (χ1n) is 20.0. The number of esters is 2. The Morgan fingerprint density at radius 1 is 0.608 bits per heavy atom. The third-order valence-corrected chi connectivity index (χ3v) is 8.92. The van der Waals surface area contributed by atoms with Gasteiger partial charge < -0.3 is 24.4 Å². The number of ether oxygens (including phenoxy) is 2. The molecule has 0 aromatic heterocycles. The highest BCUT2D eigenvalue weighted by atomic mass is 31.2. The summed E-state index contributed by atoms with van der Waals surface area (Å²) in [5, 5.41) is 9.98. The summed E-state index contributed by atoms with van der Waals surface area (Å²) in [5.74, 6) is -0.987. The highest BCUT2D eigenvalue weighted by Gasteiger charge is 2.22. The van der Waals surface area contributed by atoms with Crippen molar-refractivity contribution in [3.63, 3.8) is 0 Å². The fraction of sp³-hybridized carbons (Fsp3) is 0.756. The molecule has 296 valence electrons. The number of phosphoric ester groups is 1. The SMILES string of the molecule is CCCCC/C=C\C[C@@H](O)/C=C/C=C\C/C=C\CCCC(=O)OC[C@H](COP(=O)(O)O)OC(=O)CCCCCCCCCCCCCCCCC. The number of unbranched alkanes of at least 4 members (excludes halogenated alkanes) is 18. The number of carbonyl (C=O) groups is 2. The van der Waals surface area contributed by atoms with Crippen molar-refractivity contribution >= 4 is 19.8 Å². The molecule has 0 unspecified atom stereocenters. The molecule has 0 saturated heterocycles. The Kier molecular flexibility index (Phi) is 34.9. The molecule has 0 aliphatic carbocycles. The zero-order valence-electron chi connectivity index (χ0n) is 32.1. The first kappa shape index (κ1) is 49.0. The minimum absolute atomic E-state index is 0.160. The van der Waals surface area contributed by atoms with Gasteiger partial charge >= 0.3 is 19.8 Å². The van der Waals surface area contributed by atoms with Gasteiger partial charge in [-0.15, -0.1) is 0 Å². The fourth-order valence-electron chi connectivity index (χ4n) is 5.39. The predicted octanol–water partition coefficient (Wildman–Crippen LogP) is 10.9. The normalized spacial score (nSPS) is 13.6. The van der Waals surface area contributed by atoms with Crippen LogP contribution in [0.4, 0.5) is 0 Å². The number of hydrogen-bond donors (Lipinski definition) is 3. The first-order chi connectivity index (χ1) is 24.7. The van der Waals surface area contributed by atoms with E-state index in [0.29, 0.717) is 25.7 Å². The molecule has 0 fully saturated rings. The van der Waals surface area contributed by atoms with Crippen LogP contribution in [0.1, 0.15) is 174 Å². The number of rotatable bonds is 36. The Bertz CT molecular complexity index is 986. The van der Waals surface area contributed by atoms with Gasteiger partial charge in [-0.3, -0.25) is 14.1 Å². The van der Waals surface area contributed by atoms with Crippen LogP contribution in [0.2, 0.25) is 0 Å². The summed E-state index contributed by atoms with van der Waals surface area (Å²) in [5.41, 5.74) is 0. The largest absolute Gasteiger partial charge is 0.469 e. The van der Waals surface area contributed by atoms with Crippen molar-refractivity contribution in [2.24, 2.45) is 0 Å². The minimum Gasteiger partial charge on any atom is -0.462 e. The van der Waals surface area contributed by atoms with Crippen LogP contribution in [0.3, 0.4) is 0 Å². The molecule has 0 amide bonds. The summed E-state index contributed by atoms with van der Waals surface area (Å²) in [6, 6.07) is 0. The van der Waals surface area contributed by atoms with Crippen LogP contribution >= 0.6 is 7.82 Å². The van der Waals surface area contributed by atoms with Crippen molar-refractivity contribution in [2.75, 3.05) is 13.2 Å². The smallest absolute Gasteiger partial charge is 0.462 e. The summed E-state index contributed by atoms with van der Waals surface area (Å²) in [7, 11) is -4.78. The quantitative estimate of drug-likeness (QED) is 0.0188. The molecule has 0 rings (SSSR count). The average Bonchev–Trinajstić information content (AvgIpc) is 3.09. The average molecular weight is 741 g/mol. The zero-order chi connectivity index (χ0) is 37.7. The summed E-state index contributed by atoms with van der Waals surface area (Å²) in [6.45, 7) is 3.53. The molecule has 0 aromatic rings. The monoisotopic (exact) mass is 740 g/mol. The predicted molar refractivity (Wildman–Crippen MR) is 208 cm³/mol. The van der Waals surface area contributed by atoms with E-state index in [1.807, 2.05) is 36.5 Å². The summed E-state index contributed by atoms with van der Waals surface area (Å²) >= 11 is 0. The third kappa shape index (κ3) is 39.0. The lowest BCUT2D eigenvalue weighted by Crippen LogP contribution is -2.29. The zero-order valence-corrected chi connectivity index (χ0v) is 33.0. The molecule has 9 nitrogen and oxygen atoms in total. The molecule has 0 heterocycles. The van der Waals surface area contributed by atoms with Crippen LogP contribution in [-0.2, 0) is 28.2 Å². The van der Waals surface area contributed by atoms with Crippen molar-refractivity contribution in [3.8, 4) is 0 Å². The minimum atomic E-state index is -4.78. The highest BCUT2D eigenvalue weighted by Crippen LogP contribution is 2.36. The van der Waals surface area contributed by atoms with Gasteiger partial charge in [0.15, 0.2) is 6.10 Å². The van der Waals surface area contributed by atoms with Crippen LogP contribution in [0, 0.1) is 0 Å². The van der Waals surface area contributed by atoms with Gasteiger partial charge in [-0.25, -0.2) is 4.57 Å². The molecule has 3 N–H and O–H groups in total. The number of aliphatic hydroxyl groups excluding tert-OH is 1. The summed E-state index contributed by atoms with van der Waals surface area (Å²) in [4.78, 5) is 42.7. The second kappa shape index (κ2) is 36.3. The van der Waals surface area contributed by atoms with Gasteiger partial charge in [-0.1, -0.05) is 165 Å². The van der Waals surface area contributed by atoms with Crippen molar-refractivity contribution < 1.29 is 43.0 Å². The van der Waals surface area contributed by atoms with Crippen molar-refractivity contribution in [1.82, 2.24) is 0 Å². The highest BCUT2D eigenvalue weighted by molar-refractivity contribution is 7.46. The van der Waals surface area contributed by atoms with E-state index in [0.717, 1.165) is 32.1 Å². The van der Waals surface area contributed by atoms with Crippen LogP contribution in [0.15, 0.2) is 48.6 Å². The number of hydrogen-bond acceptors (Lipinski definition) is 7. The molecule has 2 atom stereocenters. The van der Waals surface area contributed by atoms with Gasteiger partial charge in [0, 0.05) is 12.8 Å². The third-order valence-electron chi connectivity index (χ3n) is 8.43. The lowest BCUT2D eigenvalue weighted by molar-refractivity contribution is -0.161. The molecule has 0 saturated carbocycles. The standard InChI is InChI=1S/C41H73O9P/c1-3-5-7-9-11-12-13-14-15-16-17-18-23-27-31-35-41(44)50-39(37-49-51(45,46)47)36-48-40(43)34-30-26-22-20-19-21-25-29-33-38(42)32-28-24-10-8-6-4-2/h20-22,24-25,28-29,33,38-39,42H,3-19,23,26-27,30-32,34-37H2,1-2H3,(H2,45,46,47)/b22-20-,25-21-,28-24-,33-29+/t38-,39-/m1/s1. The van der Waals surface area contributed by atoms with E-state index in [-0.39, 0.29) is 19.4 Å². The van der Waals surface area contributed by atoms with Gasteiger partial charge in [0.2, 0.25) is 0 Å². The molecular formula is C41H73O9P. The maximum Gasteiger partial charge on any atom is 0.469 e. The molecule has 10 heteroatoms. The summed E-state index contributed by atoms with van der Waals surface area (Å²) < 4.78 is 26.3. The number of phosphoric acid groups is 1. The second-order valence-electron chi connectivity index (χ2n) is 13.5. The van der Waals surface area contributed by atoms with Crippen molar-refractivity contribution in [3.05, 3.63) is 48.6 Å². The van der Waals surface area contributed by atoms with Gasteiger partial charge in [-0.05, 0) is 44.9 Å². The number of aliphatic hydroxyl groups is 1. The van der Waals surface area contributed by atoms with Crippen LogP contribution in [-0.4, -0.2) is 52.3 Å². The van der Waals surface area contributed by atoms with E-state index in [2.05, 4.69) is 24.4 Å². The van der Waals surface area contributed by atoms with E-state index in [4.69, 9.17) is 19.3 Å². The Balaban J connectivity index is 4.10. The second-order valence-corrected chi connectivity index (χ2v) is 14.7. The number of allylic oxidation sites excluding steroid dienone is 6. The first-order valence-corrected chi connectivity index (χ1v) is 21.6. The molecule has 0 bridgehead atoms. The Morgan fingerprint density at radius 2 is 1.14 bits per heavy atom. The fourth-order valence-corrected chi connectivity index (χ4v) is 5.75. The molecule has 0 aliphatic heterocycles. The van der Waals surface area contributed by atoms with E-state index >= 15 is 0 Å². The molecule has 0 aliphatic rings. The molecular weight excluding hydrogens is 667 g/mol. The Hall–Kier alpha value is -2.03. The molecule has 0 spiro atoms. The molecule has 0 radical (unpaired) electrons. The van der Waals surface area contributed by atoms with E-state index < -0.39 is 38.6 Å². The Morgan fingerprint density at radius 3 is 1.75 bits per heavy atom. The van der Waals surface area contributed by atoms with Crippen molar-refractivity contribution in [1.29, 1.82) is 0 Å². The molecule has 51 heavy (non-hydrogen) atoms. The van der Waals surface area contributed by atoms with Gasteiger partial charge in [0.25, 0.3) is 0 Å². The summed E-state index contributed by atoms with van der Waals surface area (Å²) in [6.07, 6.45) is 40.0. The maximum absolute atomic E-state index is 12.4.